The number of ether oxygens (including phenoxy) is 1. The van der Waals surface area contributed by atoms with Gasteiger partial charge < -0.3 is 4.74 Å². The Hall–Kier alpha value is -1.10. The van der Waals surface area contributed by atoms with Crippen molar-refractivity contribution in [3.63, 3.8) is 0 Å². The highest BCUT2D eigenvalue weighted by Gasteiger charge is 2.15. The Morgan fingerprint density at radius 2 is 2.07 bits per heavy atom. The molecule has 0 aliphatic carbocycles. The normalized spacial score (nSPS) is 10.9. The first-order chi connectivity index (χ1) is 7.13. The fourth-order valence-corrected chi connectivity index (χ4v) is 2.41. The van der Waals surface area contributed by atoms with Gasteiger partial charge >= 0.3 is 0 Å². The fourth-order valence-electron chi connectivity index (χ4n) is 1.49. The van der Waals surface area contributed by atoms with Crippen LogP contribution in [0.25, 0.3) is 10.1 Å². The van der Waals surface area contributed by atoms with Crippen LogP contribution < -0.4 is 9.51 Å². The molecule has 1 aromatic carbocycles. The summed E-state index contributed by atoms with van der Waals surface area (Å²) in [6, 6.07) is 3.37. The lowest BCUT2D eigenvalue weighted by Crippen LogP contribution is -1.96. The Morgan fingerprint density at radius 3 is 2.73 bits per heavy atom. The van der Waals surface area contributed by atoms with Crippen molar-refractivity contribution in [3.05, 3.63) is 23.8 Å². The summed E-state index contributed by atoms with van der Waals surface area (Å²) in [4.78, 5) is 0. The van der Waals surface area contributed by atoms with E-state index in [0.29, 0.717) is 16.7 Å². The van der Waals surface area contributed by atoms with Gasteiger partial charge in [0.15, 0.2) is 19.4 Å². The quantitative estimate of drug-likeness (QED) is 0.710. The zero-order valence-electron chi connectivity index (χ0n) is 8.43. The third-order valence-corrected chi connectivity index (χ3v) is 3.14. The van der Waals surface area contributed by atoms with Crippen molar-refractivity contribution < 1.29 is 13.5 Å². The lowest BCUT2D eigenvalue weighted by atomic mass is 10.1. The van der Waals surface area contributed by atoms with Crippen LogP contribution in [-0.2, 0) is 0 Å². The van der Waals surface area contributed by atoms with Gasteiger partial charge in [0.2, 0.25) is 5.82 Å². The average Bonchev–Trinajstić information content (AvgIpc) is 2.56. The van der Waals surface area contributed by atoms with E-state index >= 15 is 0 Å². The smallest absolute Gasteiger partial charge is 0.202 e. The van der Waals surface area contributed by atoms with E-state index in [1.807, 2.05) is 13.9 Å². The van der Waals surface area contributed by atoms with Gasteiger partial charge in [-0.3, -0.25) is 0 Å². The molecule has 15 heavy (non-hydrogen) atoms. The van der Waals surface area contributed by atoms with Crippen molar-refractivity contribution in [1.29, 1.82) is 0 Å². The topological polar surface area (TPSA) is 9.23 Å². The van der Waals surface area contributed by atoms with E-state index in [4.69, 9.17) is 4.74 Å². The minimum absolute atomic E-state index is 0.0136. The molecule has 0 N–H and O–H groups in total. The standard InChI is InChI=1S/C10H9BF2OS/c1-2-14-6-3-5-4-7(11)15-10(5)9(13)8(6)12/h3-4H,2,11H2,1H3. The maximum atomic E-state index is 13.6. The molecule has 0 fully saturated rings. The Kier molecular flexibility index (Phi) is 2.65. The minimum Gasteiger partial charge on any atom is -0.491 e. The molecule has 1 heterocycles. The molecule has 0 spiro atoms. The SMILES string of the molecule is Bc1cc2cc(OCC)c(F)c(F)c2s1. The number of rotatable bonds is 2. The highest BCUT2D eigenvalue weighted by atomic mass is 32.1. The van der Waals surface area contributed by atoms with Crippen LogP contribution >= 0.6 is 11.3 Å². The fraction of sp³-hybridized carbons (Fsp3) is 0.200. The van der Waals surface area contributed by atoms with Gasteiger partial charge in [0.25, 0.3) is 0 Å². The predicted molar refractivity (Wildman–Crippen MR) is 61.1 cm³/mol. The van der Waals surface area contributed by atoms with Gasteiger partial charge in [0, 0.05) is 0 Å². The molecule has 2 aromatic rings. The Morgan fingerprint density at radius 1 is 1.33 bits per heavy atom. The van der Waals surface area contributed by atoms with Crippen molar-refractivity contribution in [2.24, 2.45) is 0 Å². The molecular weight excluding hydrogens is 217 g/mol. The number of halogens is 2. The average molecular weight is 226 g/mol. The summed E-state index contributed by atoms with van der Waals surface area (Å²) in [6.07, 6.45) is 0. The summed E-state index contributed by atoms with van der Waals surface area (Å²) >= 11 is 1.25. The van der Waals surface area contributed by atoms with Crippen LogP contribution in [0.5, 0.6) is 5.75 Å². The van der Waals surface area contributed by atoms with E-state index < -0.39 is 11.6 Å². The second kappa shape index (κ2) is 3.81. The molecule has 0 aliphatic rings. The summed E-state index contributed by atoms with van der Waals surface area (Å²) < 4.78 is 33.3. The van der Waals surface area contributed by atoms with E-state index in [1.165, 1.54) is 11.3 Å². The van der Waals surface area contributed by atoms with Crippen molar-refractivity contribution in [1.82, 2.24) is 0 Å². The van der Waals surface area contributed by atoms with Crippen LogP contribution in [-0.4, -0.2) is 14.5 Å². The predicted octanol–water partition coefficient (Wildman–Crippen LogP) is 1.84. The van der Waals surface area contributed by atoms with E-state index in [-0.39, 0.29) is 5.75 Å². The first kappa shape index (κ1) is 10.4. The molecule has 1 nitrogen and oxygen atoms in total. The van der Waals surface area contributed by atoms with Crippen LogP contribution in [0.4, 0.5) is 8.78 Å². The van der Waals surface area contributed by atoms with E-state index in [0.717, 1.165) is 4.78 Å². The molecule has 78 valence electrons. The van der Waals surface area contributed by atoms with Gasteiger partial charge in [-0.25, -0.2) is 4.39 Å². The zero-order chi connectivity index (χ0) is 11.0. The zero-order valence-corrected chi connectivity index (χ0v) is 9.25. The van der Waals surface area contributed by atoms with Gasteiger partial charge in [-0.2, -0.15) is 4.39 Å². The summed E-state index contributed by atoms with van der Waals surface area (Å²) in [5.41, 5.74) is 0. The summed E-state index contributed by atoms with van der Waals surface area (Å²) in [6.45, 7) is 2.06. The van der Waals surface area contributed by atoms with Crippen LogP contribution in [0.1, 0.15) is 6.92 Å². The Balaban J connectivity index is 2.70. The van der Waals surface area contributed by atoms with Crippen molar-refractivity contribution in [3.8, 4) is 5.75 Å². The molecule has 0 saturated heterocycles. The molecular formula is C10H9BF2OS. The van der Waals surface area contributed by atoms with Gasteiger partial charge in [-0.15, -0.1) is 11.3 Å². The third kappa shape index (κ3) is 1.72. The third-order valence-electron chi connectivity index (χ3n) is 2.08. The lowest BCUT2D eigenvalue weighted by molar-refractivity contribution is 0.315. The van der Waals surface area contributed by atoms with Crippen LogP contribution in [0.3, 0.4) is 0 Å². The number of hydrogen-bond donors (Lipinski definition) is 0. The number of thiophene rings is 1. The molecule has 2 rings (SSSR count). The molecule has 0 saturated carbocycles. The molecule has 0 bridgehead atoms. The number of hydrogen-bond acceptors (Lipinski definition) is 2. The second-order valence-corrected chi connectivity index (χ2v) is 4.47. The van der Waals surface area contributed by atoms with Gasteiger partial charge in [0.1, 0.15) is 0 Å². The Labute approximate surface area is 91.1 Å². The highest BCUT2D eigenvalue weighted by molar-refractivity contribution is 7.26. The Bertz CT molecular complexity index is 510. The monoisotopic (exact) mass is 226 g/mol. The summed E-state index contributed by atoms with van der Waals surface area (Å²) in [7, 11) is 1.86. The molecule has 0 amide bonds. The number of fused-ring (bicyclic) bond motifs is 1. The van der Waals surface area contributed by atoms with E-state index in [2.05, 4.69) is 0 Å². The molecule has 1 aromatic heterocycles. The van der Waals surface area contributed by atoms with Crippen LogP contribution in [0, 0.1) is 11.6 Å². The molecule has 0 atom stereocenters. The molecule has 0 unspecified atom stereocenters. The summed E-state index contributed by atoms with van der Waals surface area (Å²) in [5.74, 6) is -1.72. The molecule has 0 radical (unpaired) electrons. The van der Waals surface area contributed by atoms with E-state index in [9.17, 15) is 8.78 Å². The van der Waals surface area contributed by atoms with Crippen molar-refractivity contribution >= 4 is 34.0 Å². The second-order valence-electron chi connectivity index (χ2n) is 3.21. The molecule has 5 heteroatoms. The summed E-state index contributed by atoms with van der Waals surface area (Å²) in [5, 5.41) is 0.694. The van der Waals surface area contributed by atoms with Gasteiger partial charge in [-0.05, 0) is 23.2 Å². The van der Waals surface area contributed by atoms with Crippen LogP contribution in [0.15, 0.2) is 12.1 Å². The number of benzene rings is 1. The van der Waals surface area contributed by atoms with Gasteiger partial charge in [0.05, 0.1) is 11.3 Å². The highest BCUT2D eigenvalue weighted by Crippen LogP contribution is 2.30. The molecule has 0 aliphatic heterocycles. The van der Waals surface area contributed by atoms with E-state index in [1.54, 1.807) is 13.0 Å². The maximum absolute atomic E-state index is 13.6. The largest absolute Gasteiger partial charge is 0.491 e. The maximum Gasteiger partial charge on any atom is 0.202 e. The lowest BCUT2D eigenvalue weighted by Gasteiger charge is -2.05. The minimum atomic E-state index is -0.897. The van der Waals surface area contributed by atoms with Crippen LogP contribution in [0.2, 0.25) is 0 Å². The first-order valence-electron chi connectivity index (χ1n) is 4.64. The van der Waals surface area contributed by atoms with Crippen molar-refractivity contribution in [2.45, 2.75) is 6.92 Å². The van der Waals surface area contributed by atoms with Crippen molar-refractivity contribution in [2.75, 3.05) is 6.61 Å². The first-order valence-corrected chi connectivity index (χ1v) is 5.46. The van der Waals surface area contributed by atoms with Gasteiger partial charge in [-0.1, -0.05) is 6.07 Å².